The minimum atomic E-state index is -3.15. The number of hydrogen-bond acceptors (Lipinski definition) is 3. The van der Waals surface area contributed by atoms with Gasteiger partial charge in [-0.1, -0.05) is 25.5 Å². The lowest BCUT2D eigenvalue weighted by atomic mass is 10.0. The van der Waals surface area contributed by atoms with Crippen LogP contribution in [-0.2, 0) is 16.3 Å². The van der Waals surface area contributed by atoms with Gasteiger partial charge in [0.2, 0.25) is 0 Å². The van der Waals surface area contributed by atoms with E-state index in [4.69, 9.17) is 5.73 Å². The topological polar surface area (TPSA) is 60.2 Å². The van der Waals surface area contributed by atoms with Crippen LogP contribution in [0.2, 0.25) is 0 Å². The van der Waals surface area contributed by atoms with Crippen LogP contribution in [0.3, 0.4) is 0 Å². The van der Waals surface area contributed by atoms with Gasteiger partial charge in [0.1, 0.15) is 0 Å². The van der Waals surface area contributed by atoms with Gasteiger partial charge in [-0.2, -0.15) is 0 Å². The van der Waals surface area contributed by atoms with Crippen LogP contribution in [0.1, 0.15) is 52.0 Å². The van der Waals surface area contributed by atoms with Gasteiger partial charge >= 0.3 is 0 Å². The number of sulfone groups is 1. The quantitative estimate of drug-likeness (QED) is 0.800. The second-order valence-electron chi connectivity index (χ2n) is 5.68. The summed E-state index contributed by atoms with van der Waals surface area (Å²) in [4.78, 5) is 0.416. The van der Waals surface area contributed by atoms with Crippen molar-refractivity contribution < 1.29 is 8.42 Å². The highest BCUT2D eigenvalue weighted by Crippen LogP contribution is 2.17. The Morgan fingerprint density at radius 2 is 1.70 bits per heavy atom. The Morgan fingerprint density at radius 1 is 1.10 bits per heavy atom. The summed E-state index contributed by atoms with van der Waals surface area (Å²) < 4.78 is 24.0. The van der Waals surface area contributed by atoms with E-state index in [1.165, 1.54) is 5.56 Å². The molecule has 0 bridgehead atoms. The number of nitrogens with two attached hydrogens (primary N) is 1. The van der Waals surface area contributed by atoms with Gasteiger partial charge in [-0.25, -0.2) is 8.42 Å². The van der Waals surface area contributed by atoms with Crippen molar-refractivity contribution in [2.24, 2.45) is 5.73 Å². The molecule has 114 valence electrons. The summed E-state index contributed by atoms with van der Waals surface area (Å²) >= 11 is 0. The molecule has 1 rings (SSSR count). The van der Waals surface area contributed by atoms with E-state index in [1.54, 1.807) is 26.0 Å². The molecule has 4 heteroatoms. The van der Waals surface area contributed by atoms with Crippen molar-refractivity contribution in [3.63, 3.8) is 0 Å². The standard InChI is InChI=1S/C16H27NO2S/c1-4-6-15(17)8-5-7-14-9-11-16(12-10-14)20(18,19)13(2)3/h9-13,15H,4-8,17H2,1-3H3. The normalized spacial score (nSPS) is 13.7. The Labute approximate surface area is 123 Å². The molecule has 0 radical (unpaired) electrons. The summed E-state index contributed by atoms with van der Waals surface area (Å²) in [6.07, 6.45) is 5.24. The van der Waals surface area contributed by atoms with Gasteiger partial charge in [0.15, 0.2) is 9.84 Å². The van der Waals surface area contributed by atoms with Gasteiger partial charge in [-0.3, -0.25) is 0 Å². The number of aryl methyl sites for hydroxylation is 1. The highest BCUT2D eigenvalue weighted by molar-refractivity contribution is 7.92. The van der Waals surface area contributed by atoms with Crippen molar-refractivity contribution in [1.82, 2.24) is 0 Å². The van der Waals surface area contributed by atoms with E-state index < -0.39 is 9.84 Å². The first-order chi connectivity index (χ1) is 9.37. The van der Waals surface area contributed by atoms with Crippen LogP contribution < -0.4 is 5.73 Å². The minimum absolute atomic E-state index is 0.292. The molecule has 3 nitrogen and oxygen atoms in total. The monoisotopic (exact) mass is 297 g/mol. The predicted octanol–water partition coefficient (Wildman–Crippen LogP) is 3.32. The van der Waals surface area contributed by atoms with E-state index >= 15 is 0 Å². The molecule has 0 aliphatic rings. The Morgan fingerprint density at radius 3 is 2.20 bits per heavy atom. The van der Waals surface area contributed by atoms with Crippen molar-refractivity contribution >= 4 is 9.84 Å². The summed E-state index contributed by atoms with van der Waals surface area (Å²) in [6.45, 7) is 5.56. The van der Waals surface area contributed by atoms with Gasteiger partial charge < -0.3 is 5.73 Å². The molecule has 0 fully saturated rings. The summed E-state index contributed by atoms with van der Waals surface area (Å²) in [5.41, 5.74) is 7.16. The highest BCUT2D eigenvalue weighted by Gasteiger charge is 2.18. The minimum Gasteiger partial charge on any atom is -0.328 e. The Hall–Kier alpha value is -0.870. The molecule has 0 heterocycles. The third-order valence-electron chi connectivity index (χ3n) is 3.57. The first-order valence-corrected chi connectivity index (χ1v) is 9.01. The number of hydrogen-bond donors (Lipinski definition) is 1. The van der Waals surface area contributed by atoms with Crippen molar-refractivity contribution in [2.45, 2.75) is 69.1 Å². The number of benzene rings is 1. The smallest absolute Gasteiger partial charge is 0.180 e. The second-order valence-corrected chi connectivity index (χ2v) is 8.18. The molecule has 2 N–H and O–H groups in total. The van der Waals surface area contributed by atoms with Gasteiger partial charge in [-0.15, -0.1) is 0 Å². The fourth-order valence-electron chi connectivity index (χ4n) is 2.20. The zero-order valence-corrected chi connectivity index (χ0v) is 13.6. The fraction of sp³-hybridized carbons (Fsp3) is 0.625. The van der Waals surface area contributed by atoms with Crippen molar-refractivity contribution in [2.75, 3.05) is 0 Å². The molecule has 1 atom stereocenters. The molecule has 1 unspecified atom stereocenters. The molecule has 0 aliphatic carbocycles. The van der Waals surface area contributed by atoms with Crippen molar-refractivity contribution in [1.29, 1.82) is 0 Å². The summed E-state index contributed by atoms with van der Waals surface area (Å²) in [5, 5.41) is -0.375. The average molecular weight is 297 g/mol. The first kappa shape index (κ1) is 17.2. The summed E-state index contributed by atoms with van der Waals surface area (Å²) in [5.74, 6) is 0. The maximum Gasteiger partial charge on any atom is 0.180 e. The molecule has 20 heavy (non-hydrogen) atoms. The molecule has 0 amide bonds. The van der Waals surface area contributed by atoms with Gasteiger partial charge in [0.25, 0.3) is 0 Å². The van der Waals surface area contributed by atoms with E-state index in [0.29, 0.717) is 10.9 Å². The predicted molar refractivity (Wildman–Crippen MR) is 84.6 cm³/mol. The van der Waals surface area contributed by atoms with Crippen molar-refractivity contribution in [3.05, 3.63) is 29.8 Å². The first-order valence-electron chi connectivity index (χ1n) is 7.46. The van der Waals surface area contributed by atoms with Gasteiger partial charge in [-0.05, 0) is 57.2 Å². The molecule has 0 spiro atoms. The summed E-state index contributed by atoms with van der Waals surface area (Å²) in [7, 11) is -3.15. The largest absolute Gasteiger partial charge is 0.328 e. The van der Waals surface area contributed by atoms with E-state index in [9.17, 15) is 8.42 Å². The molecule has 0 aromatic heterocycles. The zero-order chi connectivity index (χ0) is 15.2. The lowest BCUT2D eigenvalue weighted by molar-refractivity contribution is 0.539. The molecule has 0 aliphatic heterocycles. The summed E-state index contributed by atoms with van der Waals surface area (Å²) in [6, 6.07) is 7.56. The Kier molecular flexibility index (Phi) is 6.69. The Balaban J connectivity index is 2.56. The highest BCUT2D eigenvalue weighted by atomic mass is 32.2. The van der Waals surface area contributed by atoms with E-state index in [2.05, 4.69) is 6.92 Å². The zero-order valence-electron chi connectivity index (χ0n) is 12.8. The third-order valence-corrected chi connectivity index (χ3v) is 5.74. The molecule has 0 saturated heterocycles. The van der Waals surface area contributed by atoms with Crippen LogP contribution in [-0.4, -0.2) is 19.7 Å². The lowest BCUT2D eigenvalue weighted by Gasteiger charge is -2.11. The lowest BCUT2D eigenvalue weighted by Crippen LogP contribution is -2.19. The fourth-order valence-corrected chi connectivity index (χ4v) is 3.26. The van der Waals surface area contributed by atoms with E-state index in [1.807, 2.05) is 12.1 Å². The third kappa shape index (κ3) is 4.91. The molecule has 0 saturated carbocycles. The average Bonchev–Trinajstić information content (AvgIpc) is 2.39. The van der Waals surface area contributed by atoms with Crippen LogP contribution in [0.25, 0.3) is 0 Å². The van der Waals surface area contributed by atoms with Gasteiger partial charge in [0, 0.05) is 6.04 Å². The molecule has 1 aromatic rings. The molecule has 1 aromatic carbocycles. The Bertz CT molecular complexity index is 492. The van der Waals surface area contributed by atoms with Crippen LogP contribution in [0.15, 0.2) is 29.2 Å². The van der Waals surface area contributed by atoms with Crippen LogP contribution >= 0.6 is 0 Å². The number of rotatable bonds is 8. The molecular weight excluding hydrogens is 270 g/mol. The van der Waals surface area contributed by atoms with Crippen LogP contribution in [0, 0.1) is 0 Å². The maximum absolute atomic E-state index is 12.0. The van der Waals surface area contributed by atoms with E-state index in [0.717, 1.165) is 32.1 Å². The van der Waals surface area contributed by atoms with Crippen molar-refractivity contribution in [3.8, 4) is 0 Å². The van der Waals surface area contributed by atoms with Crippen LogP contribution in [0.5, 0.6) is 0 Å². The maximum atomic E-state index is 12.0. The molecular formula is C16H27NO2S. The van der Waals surface area contributed by atoms with E-state index in [-0.39, 0.29) is 5.25 Å². The second kappa shape index (κ2) is 7.79. The van der Waals surface area contributed by atoms with Gasteiger partial charge in [0.05, 0.1) is 10.1 Å². The van der Waals surface area contributed by atoms with Crippen LogP contribution in [0.4, 0.5) is 0 Å². The SMILES string of the molecule is CCCC(N)CCCc1ccc(S(=O)(=O)C(C)C)cc1.